The van der Waals surface area contributed by atoms with Crippen LogP contribution in [0.25, 0.3) is 11.6 Å². The molecule has 0 bridgehead atoms. The van der Waals surface area contributed by atoms with Crippen molar-refractivity contribution in [1.29, 1.82) is 0 Å². The number of rotatable bonds is 6. The van der Waals surface area contributed by atoms with Crippen LogP contribution in [0, 0.1) is 6.92 Å². The van der Waals surface area contributed by atoms with E-state index in [0.717, 1.165) is 16.3 Å². The highest BCUT2D eigenvalue weighted by Gasteiger charge is 2.13. The number of thiazole rings is 1. The number of nitrogens with zero attached hydrogens (tertiary/aromatic N) is 3. The van der Waals surface area contributed by atoms with Crippen molar-refractivity contribution in [3.63, 3.8) is 0 Å². The van der Waals surface area contributed by atoms with Crippen LogP contribution in [0.15, 0.2) is 34.1 Å². The summed E-state index contributed by atoms with van der Waals surface area (Å²) in [7, 11) is 0. The predicted octanol–water partition coefficient (Wildman–Crippen LogP) is 3.08. The molecule has 24 heavy (non-hydrogen) atoms. The number of anilines is 1. The highest BCUT2D eigenvalue weighted by Crippen LogP contribution is 2.21. The molecule has 1 N–H and O–H groups in total. The molecule has 124 valence electrons. The standard InChI is InChI=1S/C16H16N4O3S/c1-3-22-12-6-4-11(5-7-12)8-14(21)18-16-20-19-15(23-16)13-9-24-10(2)17-13/h4-7,9H,3,8H2,1-2H3,(H,18,20,21). The normalized spacial score (nSPS) is 10.6. The summed E-state index contributed by atoms with van der Waals surface area (Å²) in [6.45, 7) is 4.43. The van der Waals surface area contributed by atoms with E-state index in [2.05, 4.69) is 20.5 Å². The molecule has 0 spiro atoms. The van der Waals surface area contributed by atoms with Gasteiger partial charge in [-0.25, -0.2) is 4.98 Å². The van der Waals surface area contributed by atoms with Crippen molar-refractivity contribution in [2.24, 2.45) is 0 Å². The Kier molecular flexibility index (Phi) is 4.85. The topological polar surface area (TPSA) is 90.1 Å². The number of nitrogens with one attached hydrogen (secondary N) is 1. The quantitative estimate of drug-likeness (QED) is 0.739. The van der Waals surface area contributed by atoms with Gasteiger partial charge in [-0.3, -0.25) is 10.1 Å². The van der Waals surface area contributed by atoms with Gasteiger partial charge in [0.2, 0.25) is 5.91 Å². The molecular weight excluding hydrogens is 328 g/mol. The zero-order valence-electron chi connectivity index (χ0n) is 13.3. The molecule has 0 aliphatic carbocycles. The monoisotopic (exact) mass is 344 g/mol. The van der Waals surface area contributed by atoms with Crippen molar-refractivity contribution in [3.8, 4) is 17.3 Å². The lowest BCUT2D eigenvalue weighted by molar-refractivity contribution is -0.115. The maximum absolute atomic E-state index is 12.1. The van der Waals surface area contributed by atoms with Crippen molar-refractivity contribution in [3.05, 3.63) is 40.2 Å². The SMILES string of the molecule is CCOc1ccc(CC(=O)Nc2nnc(-c3csc(C)n3)o2)cc1. The number of carbonyl (C=O) groups is 1. The second-order valence-corrected chi connectivity index (χ2v) is 6.03. The van der Waals surface area contributed by atoms with Gasteiger partial charge in [-0.1, -0.05) is 17.2 Å². The third-order valence-electron chi connectivity index (χ3n) is 3.11. The number of hydrogen-bond donors (Lipinski definition) is 1. The van der Waals surface area contributed by atoms with Crippen LogP contribution < -0.4 is 10.1 Å². The largest absolute Gasteiger partial charge is 0.494 e. The van der Waals surface area contributed by atoms with Crippen LogP contribution in [0.5, 0.6) is 5.75 Å². The first-order valence-electron chi connectivity index (χ1n) is 7.41. The van der Waals surface area contributed by atoms with Gasteiger partial charge >= 0.3 is 6.01 Å². The van der Waals surface area contributed by atoms with E-state index < -0.39 is 0 Å². The molecule has 0 fully saturated rings. The molecule has 2 aromatic heterocycles. The van der Waals surface area contributed by atoms with Gasteiger partial charge < -0.3 is 9.15 Å². The first kappa shape index (κ1) is 16.1. The Bertz CT molecular complexity index is 826. The molecular formula is C16H16N4O3S. The fourth-order valence-corrected chi connectivity index (χ4v) is 2.64. The van der Waals surface area contributed by atoms with Gasteiger partial charge in [0, 0.05) is 5.38 Å². The zero-order valence-corrected chi connectivity index (χ0v) is 14.1. The number of aryl methyl sites for hydroxylation is 1. The number of carbonyl (C=O) groups excluding carboxylic acids is 1. The Morgan fingerprint density at radius 3 is 2.75 bits per heavy atom. The Hall–Kier alpha value is -2.74. The van der Waals surface area contributed by atoms with E-state index >= 15 is 0 Å². The molecule has 0 aliphatic rings. The van der Waals surface area contributed by atoms with Gasteiger partial charge in [-0.2, -0.15) is 0 Å². The first-order chi connectivity index (χ1) is 11.6. The average molecular weight is 344 g/mol. The van der Waals surface area contributed by atoms with Crippen molar-refractivity contribution >= 4 is 23.3 Å². The summed E-state index contributed by atoms with van der Waals surface area (Å²) in [5.74, 6) is 0.835. The van der Waals surface area contributed by atoms with Crippen LogP contribution in [0.2, 0.25) is 0 Å². The lowest BCUT2D eigenvalue weighted by Crippen LogP contribution is -2.14. The molecule has 7 nitrogen and oxygen atoms in total. The molecule has 0 aliphatic heterocycles. The minimum absolute atomic E-state index is 0.0617. The van der Waals surface area contributed by atoms with Crippen molar-refractivity contribution in [1.82, 2.24) is 15.2 Å². The zero-order chi connectivity index (χ0) is 16.9. The molecule has 3 aromatic rings. The number of hydrogen-bond acceptors (Lipinski definition) is 7. The maximum atomic E-state index is 12.1. The summed E-state index contributed by atoms with van der Waals surface area (Å²) in [5, 5.41) is 13.0. The van der Waals surface area contributed by atoms with E-state index in [1.165, 1.54) is 11.3 Å². The first-order valence-corrected chi connectivity index (χ1v) is 8.29. The van der Waals surface area contributed by atoms with Crippen molar-refractivity contribution in [2.45, 2.75) is 20.3 Å². The summed E-state index contributed by atoms with van der Waals surface area (Å²) >= 11 is 1.49. The van der Waals surface area contributed by atoms with Crippen LogP contribution in [-0.4, -0.2) is 27.7 Å². The van der Waals surface area contributed by atoms with Crippen LogP contribution in [0.3, 0.4) is 0 Å². The fourth-order valence-electron chi connectivity index (χ4n) is 2.06. The third kappa shape index (κ3) is 3.96. The molecule has 8 heteroatoms. The van der Waals surface area contributed by atoms with E-state index in [1.54, 1.807) is 0 Å². The molecule has 0 unspecified atom stereocenters. The fraction of sp³-hybridized carbons (Fsp3) is 0.250. The minimum Gasteiger partial charge on any atom is -0.494 e. The minimum atomic E-state index is -0.233. The van der Waals surface area contributed by atoms with Crippen molar-refractivity contribution < 1.29 is 13.9 Å². The molecule has 3 rings (SSSR count). The summed E-state index contributed by atoms with van der Waals surface area (Å²) < 4.78 is 10.8. The number of ether oxygens (including phenoxy) is 1. The highest BCUT2D eigenvalue weighted by molar-refractivity contribution is 7.09. The average Bonchev–Trinajstić information content (AvgIpc) is 3.18. The number of amides is 1. The van der Waals surface area contributed by atoms with Gasteiger partial charge in [0.1, 0.15) is 11.4 Å². The van der Waals surface area contributed by atoms with E-state index in [1.807, 2.05) is 43.5 Å². The molecule has 0 radical (unpaired) electrons. The van der Waals surface area contributed by atoms with Gasteiger partial charge in [-0.05, 0) is 31.5 Å². The maximum Gasteiger partial charge on any atom is 0.322 e. The summed E-state index contributed by atoms with van der Waals surface area (Å²) in [5.41, 5.74) is 1.47. The Morgan fingerprint density at radius 1 is 1.29 bits per heavy atom. The smallest absolute Gasteiger partial charge is 0.322 e. The van der Waals surface area contributed by atoms with Gasteiger partial charge in [0.15, 0.2) is 0 Å². The Balaban J connectivity index is 1.59. The Morgan fingerprint density at radius 2 is 2.08 bits per heavy atom. The molecule has 0 saturated carbocycles. The summed E-state index contributed by atoms with van der Waals surface area (Å²) in [6.07, 6.45) is 0.208. The summed E-state index contributed by atoms with van der Waals surface area (Å²) in [4.78, 5) is 16.3. The number of benzene rings is 1. The van der Waals surface area contributed by atoms with Crippen LogP contribution in [0.1, 0.15) is 17.5 Å². The highest BCUT2D eigenvalue weighted by atomic mass is 32.1. The van der Waals surface area contributed by atoms with E-state index in [0.29, 0.717) is 12.3 Å². The predicted molar refractivity (Wildman–Crippen MR) is 90.1 cm³/mol. The Labute approximate surface area is 142 Å². The molecule has 0 saturated heterocycles. The van der Waals surface area contributed by atoms with Crippen LogP contribution in [0.4, 0.5) is 6.01 Å². The van der Waals surface area contributed by atoms with E-state index in [-0.39, 0.29) is 24.2 Å². The second kappa shape index (κ2) is 7.22. The van der Waals surface area contributed by atoms with Gasteiger partial charge in [0.25, 0.3) is 5.89 Å². The van der Waals surface area contributed by atoms with Crippen LogP contribution >= 0.6 is 11.3 Å². The molecule has 2 heterocycles. The second-order valence-electron chi connectivity index (χ2n) is 4.97. The van der Waals surface area contributed by atoms with E-state index in [9.17, 15) is 4.79 Å². The van der Waals surface area contributed by atoms with Gasteiger partial charge in [-0.15, -0.1) is 16.4 Å². The van der Waals surface area contributed by atoms with Crippen LogP contribution in [-0.2, 0) is 11.2 Å². The molecule has 1 aromatic carbocycles. The number of aromatic nitrogens is 3. The molecule has 0 atom stereocenters. The summed E-state index contributed by atoms with van der Waals surface area (Å²) in [6, 6.07) is 7.43. The van der Waals surface area contributed by atoms with E-state index in [4.69, 9.17) is 9.15 Å². The van der Waals surface area contributed by atoms with Gasteiger partial charge in [0.05, 0.1) is 18.0 Å². The van der Waals surface area contributed by atoms with Crippen molar-refractivity contribution in [2.75, 3.05) is 11.9 Å². The lowest BCUT2D eigenvalue weighted by atomic mass is 10.1. The molecule has 1 amide bonds. The lowest BCUT2D eigenvalue weighted by Gasteiger charge is -2.04. The third-order valence-corrected chi connectivity index (χ3v) is 3.88.